The fourth-order valence-electron chi connectivity index (χ4n) is 1.64. The molecule has 2 aromatic rings. The fourth-order valence-corrected chi connectivity index (χ4v) is 2.29. The quantitative estimate of drug-likeness (QED) is 0.775. The van der Waals surface area contributed by atoms with Crippen LogP contribution in [0.5, 0.6) is 0 Å². The molecule has 0 radical (unpaired) electrons. The second kappa shape index (κ2) is 5.04. The molecule has 0 saturated heterocycles. The molecule has 1 N–H and O–H groups in total. The lowest BCUT2D eigenvalue weighted by molar-refractivity contribution is 0.628. The van der Waals surface area contributed by atoms with E-state index in [1.165, 1.54) is 15.7 Å². The van der Waals surface area contributed by atoms with Gasteiger partial charge in [-0.25, -0.2) is 4.39 Å². The van der Waals surface area contributed by atoms with Crippen LogP contribution in [0.15, 0.2) is 36.4 Å². The summed E-state index contributed by atoms with van der Waals surface area (Å²) in [6.07, 6.45) is 0. The second-order valence-corrected chi connectivity index (χ2v) is 5.29. The van der Waals surface area contributed by atoms with Crippen molar-refractivity contribution >= 4 is 34.0 Å². The Labute approximate surface area is 114 Å². The number of hydrogen-bond donors (Lipinski definition) is 1. The molecule has 2 rings (SSSR count). The van der Waals surface area contributed by atoms with Crippen LogP contribution in [0.1, 0.15) is 11.1 Å². The molecule has 0 unspecified atom stereocenters. The third-order valence-electron chi connectivity index (χ3n) is 2.66. The molecule has 88 valence electrons. The van der Waals surface area contributed by atoms with Gasteiger partial charge in [0.25, 0.3) is 0 Å². The van der Waals surface area contributed by atoms with Crippen LogP contribution in [0.4, 0.5) is 15.8 Å². The highest BCUT2D eigenvalue weighted by Gasteiger charge is 2.03. The molecule has 2 aromatic carbocycles. The molecule has 0 aromatic heterocycles. The van der Waals surface area contributed by atoms with Crippen molar-refractivity contribution in [1.29, 1.82) is 0 Å². The van der Waals surface area contributed by atoms with Gasteiger partial charge < -0.3 is 5.32 Å². The van der Waals surface area contributed by atoms with E-state index in [0.29, 0.717) is 0 Å². The van der Waals surface area contributed by atoms with E-state index in [2.05, 4.69) is 34.0 Å². The van der Waals surface area contributed by atoms with Gasteiger partial charge >= 0.3 is 0 Å². The summed E-state index contributed by atoms with van der Waals surface area (Å²) in [5.74, 6) is -0.221. The zero-order valence-electron chi connectivity index (χ0n) is 9.72. The van der Waals surface area contributed by atoms with Gasteiger partial charge in [-0.3, -0.25) is 0 Å². The average Bonchev–Trinajstić information content (AvgIpc) is 2.27. The average molecular weight is 341 g/mol. The predicted octanol–water partition coefficient (Wildman–Crippen LogP) is 4.79. The number of aryl methyl sites for hydroxylation is 2. The van der Waals surface area contributed by atoms with Gasteiger partial charge in [0.15, 0.2) is 0 Å². The summed E-state index contributed by atoms with van der Waals surface area (Å²) in [7, 11) is 0. The Morgan fingerprint density at radius 2 is 1.71 bits per heavy atom. The lowest BCUT2D eigenvalue weighted by atomic mass is 10.1. The highest BCUT2D eigenvalue weighted by atomic mass is 127. The summed E-state index contributed by atoms with van der Waals surface area (Å²) in [4.78, 5) is 0. The fraction of sp³-hybridized carbons (Fsp3) is 0.143. The zero-order chi connectivity index (χ0) is 12.4. The molecule has 3 heteroatoms. The van der Waals surface area contributed by atoms with Crippen LogP contribution < -0.4 is 5.32 Å². The molecule has 0 spiro atoms. The monoisotopic (exact) mass is 341 g/mol. The lowest BCUT2D eigenvalue weighted by Crippen LogP contribution is -1.96. The minimum atomic E-state index is -0.221. The molecule has 0 fully saturated rings. The molecule has 0 amide bonds. The van der Waals surface area contributed by atoms with Crippen LogP contribution >= 0.6 is 22.6 Å². The molecule has 0 heterocycles. The molecule has 0 bridgehead atoms. The van der Waals surface area contributed by atoms with Crippen molar-refractivity contribution in [3.8, 4) is 0 Å². The van der Waals surface area contributed by atoms with E-state index in [1.54, 1.807) is 6.07 Å². The predicted molar refractivity (Wildman–Crippen MR) is 78.3 cm³/mol. The van der Waals surface area contributed by atoms with Gasteiger partial charge in [0.05, 0.1) is 0 Å². The first kappa shape index (κ1) is 12.4. The van der Waals surface area contributed by atoms with E-state index in [1.807, 2.05) is 26.0 Å². The Hall–Kier alpha value is -1.10. The SMILES string of the molecule is Cc1cc(I)ccc1Nc1cc(F)ccc1C. The van der Waals surface area contributed by atoms with Gasteiger partial charge in [-0.2, -0.15) is 0 Å². The largest absolute Gasteiger partial charge is 0.355 e. The summed E-state index contributed by atoms with van der Waals surface area (Å²) >= 11 is 2.28. The van der Waals surface area contributed by atoms with Gasteiger partial charge in [0.2, 0.25) is 0 Å². The molecule has 0 atom stereocenters. The first-order chi connectivity index (χ1) is 8.06. The second-order valence-electron chi connectivity index (χ2n) is 4.04. The van der Waals surface area contributed by atoms with Crippen molar-refractivity contribution < 1.29 is 4.39 Å². The number of halogens is 2. The third kappa shape index (κ3) is 2.97. The molecule has 0 saturated carbocycles. The summed E-state index contributed by atoms with van der Waals surface area (Å²) in [6, 6.07) is 10.9. The molecule has 1 nitrogen and oxygen atoms in total. The Balaban J connectivity index is 2.34. The zero-order valence-corrected chi connectivity index (χ0v) is 11.9. The van der Waals surface area contributed by atoms with Gasteiger partial charge in [0, 0.05) is 14.9 Å². The van der Waals surface area contributed by atoms with E-state index >= 15 is 0 Å². The Kier molecular flexibility index (Phi) is 3.66. The topological polar surface area (TPSA) is 12.0 Å². The van der Waals surface area contributed by atoms with Crippen LogP contribution in [-0.4, -0.2) is 0 Å². The molecule has 0 aliphatic carbocycles. The summed E-state index contributed by atoms with van der Waals surface area (Å²) in [5, 5.41) is 3.27. The Morgan fingerprint density at radius 3 is 2.41 bits per heavy atom. The van der Waals surface area contributed by atoms with Crippen LogP contribution in [0.3, 0.4) is 0 Å². The smallest absolute Gasteiger partial charge is 0.125 e. The lowest BCUT2D eigenvalue weighted by Gasteiger charge is -2.12. The van der Waals surface area contributed by atoms with Crippen LogP contribution in [0.25, 0.3) is 0 Å². The number of anilines is 2. The van der Waals surface area contributed by atoms with Crippen LogP contribution in [0, 0.1) is 23.2 Å². The van der Waals surface area contributed by atoms with E-state index < -0.39 is 0 Å². The maximum atomic E-state index is 13.2. The highest BCUT2D eigenvalue weighted by molar-refractivity contribution is 14.1. The first-order valence-electron chi connectivity index (χ1n) is 5.35. The highest BCUT2D eigenvalue weighted by Crippen LogP contribution is 2.25. The van der Waals surface area contributed by atoms with Gasteiger partial charge in [-0.15, -0.1) is 0 Å². The Bertz CT molecular complexity index is 552. The minimum absolute atomic E-state index is 0.221. The minimum Gasteiger partial charge on any atom is -0.355 e. The van der Waals surface area contributed by atoms with Crippen LogP contribution in [-0.2, 0) is 0 Å². The van der Waals surface area contributed by atoms with E-state index in [-0.39, 0.29) is 5.82 Å². The third-order valence-corrected chi connectivity index (χ3v) is 3.33. The Morgan fingerprint density at radius 1 is 0.941 bits per heavy atom. The van der Waals surface area contributed by atoms with E-state index in [9.17, 15) is 4.39 Å². The molecular formula is C14H13FIN. The number of hydrogen-bond acceptors (Lipinski definition) is 1. The van der Waals surface area contributed by atoms with Crippen molar-refractivity contribution in [1.82, 2.24) is 0 Å². The van der Waals surface area contributed by atoms with E-state index in [4.69, 9.17) is 0 Å². The van der Waals surface area contributed by atoms with Crippen molar-refractivity contribution in [3.05, 3.63) is 56.9 Å². The summed E-state index contributed by atoms with van der Waals surface area (Å²) in [5.41, 5.74) is 4.01. The molecule has 0 aliphatic heterocycles. The summed E-state index contributed by atoms with van der Waals surface area (Å²) in [6.45, 7) is 4.00. The van der Waals surface area contributed by atoms with Crippen molar-refractivity contribution in [2.75, 3.05) is 5.32 Å². The maximum absolute atomic E-state index is 13.2. The van der Waals surface area contributed by atoms with Crippen molar-refractivity contribution in [3.63, 3.8) is 0 Å². The van der Waals surface area contributed by atoms with Crippen molar-refractivity contribution in [2.24, 2.45) is 0 Å². The van der Waals surface area contributed by atoms with E-state index in [0.717, 1.165) is 22.5 Å². The normalized spacial score (nSPS) is 10.4. The number of nitrogens with one attached hydrogen (secondary N) is 1. The van der Waals surface area contributed by atoms with Gasteiger partial charge in [-0.05, 0) is 77.9 Å². The maximum Gasteiger partial charge on any atom is 0.125 e. The van der Waals surface area contributed by atoms with Crippen molar-refractivity contribution in [2.45, 2.75) is 13.8 Å². The molecular weight excluding hydrogens is 328 g/mol. The molecule has 17 heavy (non-hydrogen) atoms. The standard InChI is InChI=1S/C14H13FIN/c1-9-3-4-11(15)8-14(9)17-13-6-5-12(16)7-10(13)2/h3-8,17H,1-2H3. The van der Waals surface area contributed by atoms with Gasteiger partial charge in [0.1, 0.15) is 5.82 Å². The van der Waals surface area contributed by atoms with Gasteiger partial charge in [-0.1, -0.05) is 6.07 Å². The number of benzene rings is 2. The number of rotatable bonds is 2. The summed E-state index contributed by atoms with van der Waals surface area (Å²) < 4.78 is 14.4. The first-order valence-corrected chi connectivity index (χ1v) is 6.43. The van der Waals surface area contributed by atoms with Crippen LogP contribution in [0.2, 0.25) is 0 Å². The molecule has 0 aliphatic rings.